The maximum atomic E-state index is 13.0. The molecular formula is C21H22N4O4S. The summed E-state index contributed by atoms with van der Waals surface area (Å²) in [4.78, 5) is 28.5. The SMILES string of the molecule is CC(=O)Nc1ccc(S(=O)(=O)N2CCC(n3cnc4ccccc4c3=O)CC2)cc1. The molecule has 1 amide bonds. The number of fused-ring (bicyclic) bond motifs is 1. The Morgan fingerprint density at radius 3 is 2.40 bits per heavy atom. The minimum absolute atomic E-state index is 0.0943. The van der Waals surface area contributed by atoms with Gasteiger partial charge in [-0.05, 0) is 49.2 Å². The molecule has 4 rings (SSSR count). The van der Waals surface area contributed by atoms with Gasteiger partial charge in [0.2, 0.25) is 15.9 Å². The van der Waals surface area contributed by atoms with Crippen LogP contribution in [0.5, 0.6) is 0 Å². The lowest BCUT2D eigenvalue weighted by Gasteiger charge is -2.32. The molecule has 1 N–H and O–H groups in total. The van der Waals surface area contributed by atoms with E-state index in [4.69, 9.17) is 0 Å². The number of sulfonamides is 1. The Labute approximate surface area is 174 Å². The summed E-state index contributed by atoms with van der Waals surface area (Å²) in [6, 6.07) is 13.2. The fraction of sp³-hybridized carbons (Fsp3) is 0.286. The van der Waals surface area contributed by atoms with Crippen LogP contribution in [0, 0.1) is 0 Å². The van der Waals surface area contributed by atoms with Crippen molar-refractivity contribution < 1.29 is 13.2 Å². The quantitative estimate of drug-likeness (QED) is 0.690. The fourth-order valence-electron chi connectivity index (χ4n) is 3.77. The number of hydrogen-bond donors (Lipinski definition) is 1. The number of hydrogen-bond acceptors (Lipinski definition) is 5. The topological polar surface area (TPSA) is 101 Å². The monoisotopic (exact) mass is 426 g/mol. The zero-order valence-electron chi connectivity index (χ0n) is 16.5. The second-order valence-corrected chi connectivity index (χ2v) is 9.25. The molecule has 1 saturated heterocycles. The van der Waals surface area contributed by atoms with E-state index in [0.717, 1.165) is 0 Å². The van der Waals surface area contributed by atoms with E-state index >= 15 is 0 Å². The van der Waals surface area contributed by atoms with Crippen LogP contribution in [0.25, 0.3) is 10.9 Å². The molecule has 3 aromatic rings. The van der Waals surface area contributed by atoms with Crippen LogP contribution in [0.2, 0.25) is 0 Å². The summed E-state index contributed by atoms with van der Waals surface area (Å²) in [5, 5.41) is 3.18. The predicted octanol–water partition coefficient (Wildman–Crippen LogP) is 2.38. The van der Waals surface area contributed by atoms with Crippen molar-refractivity contribution in [1.29, 1.82) is 0 Å². The molecule has 0 atom stereocenters. The van der Waals surface area contributed by atoms with Gasteiger partial charge in [0.25, 0.3) is 5.56 Å². The van der Waals surface area contributed by atoms with Gasteiger partial charge >= 0.3 is 0 Å². The molecule has 156 valence electrons. The van der Waals surface area contributed by atoms with Gasteiger partial charge in [-0.2, -0.15) is 4.31 Å². The summed E-state index contributed by atoms with van der Waals surface area (Å²) in [6.45, 7) is 2.03. The minimum atomic E-state index is -3.64. The highest BCUT2D eigenvalue weighted by Crippen LogP contribution is 2.27. The number of carbonyl (C=O) groups is 1. The van der Waals surface area contributed by atoms with Crippen LogP contribution in [0.3, 0.4) is 0 Å². The number of benzene rings is 2. The molecule has 0 saturated carbocycles. The van der Waals surface area contributed by atoms with Crippen molar-refractivity contribution >= 4 is 32.5 Å². The third-order valence-electron chi connectivity index (χ3n) is 5.32. The Hall–Kier alpha value is -3.04. The fourth-order valence-corrected chi connectivity index (χ4v) is 5.24. The molecule has 8 nitrogen and oxygen atoms in total. The summed E-state index contributed by atoms with van der Waals surface area (Å²) < 4.78 is 29.0. The summed E-state index contributed by atoms with van der Waals surface area (Å²) >= 11 is 0. The lowest BCUT2D eigenvalue weighted by molar-refractivity contribution is -0.114. The number of nitrogens with zero attached hydrogens (tertiary/aromatic N) is 3. The van der Waals surface area contributed by atoms with Crippen LogP contribution < -0.4 is 10.9 Å². The number of nitrogens with one attached hydrogen (secondary N) is 1. The van der Waals surface area contributed by atoms with Crippen LogP contribution in [0.1, 0.15) is 25.8 Å². The third-order valence-corrected chi connectivity index (χ3v) is 7.23. The van der Waals surface area contributed by atoms with Gasteiger partial charge in [-0.25, -0.2) is 13.4 Å². The molecule has 0 radical (unpaired) electrons. The smallest absolute Gasteiger partial charge is 0.261 e. The lowest BCUT2D eigenvalue weighted by Crippen LogP contribution is -2.40. The van der Waals surface area contributed by atoms with Crippen LogP contribution in [-0.2, 0) is 14.8 Å². The van der Waals surface area contributed by atoms with Gasteiger partial charge in [-0.3, -0.25) is 14.2 Å². The van der Waals surface area contributed by atoms with E-state index in [0.29, 0.717) is 42.5 Å². The Kier molecular flexibility index (Phi) is 5.40. The van der Waals surface area contributed by atoms with Gasteiger partial charge in [0.05, 0.1) is 22.1 Å². The Morgan fingerprint density at radius 1 is 1.07 bits per heavy atom. The summed E-state index contributed by atoms with van der Waals surface area (Å²) in [7, 11) is -3.64. The molecule has 2 aromatic carbocycles. The highest BCUT2D eigenvalue weighted by atomic mass is 32.2. The Bertz CT molecular complexity index is 1240. The highest BCUT2D eigenvalue weighted by molar-refractivity contribution is 7.89. The second kappa shape index (κ2) is 8.00. The average Bonchev–Trinajstić information content (AvgIpc) is 2.74. The van der Waals surface area contributed by atoms with Gasteiger partial charge in [0, 0.05) is 31.7 Å². The zero-order valence-corrected chi connectivity index (χ0v) is 17.3. The first-order chi connectivity index (χ1) is 14.4. The number of para-hydroxylation sites is 1. The maximum absolute atomic E-state index is 13.0. The van der Waals surface area contributed by atoms with Crippen LogP contribution in [-0.4, -0.2) is 41.3 Å². The molecule has 30 heavy (non-hydrogen) atoms. The van der Waals surface area contributed by atoms with Gasteiger partial charge in [0.1, 0.15) is 0 Å². The largest absolute Gasteiger partial charge is 0.326 e. The Morgan fingerprint density at radius 2 is 1.73 bits per heavy atom. The van der Waals surface area contributed by atoms with E-state index in [1.54, 1.807) is 35.2 Å². The second-order valence-electron chi connectivity index (χ2n) is 7.31. The number of anilines is 1. The minimum Gasteiger partial charge on any atom is -0.326 e. The molecule has 2 heterocycles. The molecule has 1 aromatic heterocycles. The summed E-state index contributed by atoms with van der Waals surface area (Å²) in [5.41, 5.74) is 1.10. The lowest BCUT2D eigenvalue weighted by atomic mass is 10.1. The van der Waals surface area contributed by atoms with E-state index in [1.165, 1.54) is 23.4 Å². The third kappa shape index (κ3) is 3.86. The molecule has 0 bridgehead atoms. The molecule has 0 aliphatic carbocycles. The molecule has 1 fully saturated rings. The van der Waals surface area contributed by atoms with Crippen molar-refractivity contribution in [1.82, 2.24) is 13.9 Å². The first-order valence-electron chi connectivity index (χ1n) is 9.70. The molecule has 0 spiro atoms. The maximum Gasteiger partial charge on any atom is 0.261 e. The molecule has 0 unspecified atom stereocenters. The summed E-state index contributed by atoms with van der Waals surface area (Å²) in [5.74, 6) is -0.217. The zero-order chi connectivity index (χ0) is 21.3. The number of amides is 1. The van der Waals surface area contributed by atoms with E-state index < -0.39 is 10.0 Å². The van der Waals surface area contributed by atoms with Crippen molar-refractivity contribution in [3.05, 3.63) is 65.2 Å². The number of piperidine rings is 1. The Balaban J connectivity index is 1.49. The highest BCUT2D eigenvalue weighted by Gasteiger charge is 2.30. The van der Waals surface area contributed by atoms with Gasteiger partial charge < -0.3 is 5.32 Å². The van der Waals surface area contributed by atoms with E-state index in [-0.39, 0.29) is 22.4 Å². The molecular weight excluding hydrogens is 404 g/mol. The number of rotatable bonds is 4. The first kappa shape index (κ1) is 20.2. The van der Waals surface area contributed by atoms with Crippen molar-refractivity contribution in [2.45, 2.75) is 30.7 Å². The average molecular weight is 426 g/mol. The van der Waals surface area contributed by atoms with Gasteiger partial charge in [-0.15, -0.1) is 0 Å². The predicted molar refractivity (Wildman–Crippen MR) is 114 cm³/mol. The molecule has 1 aliphatic rings. The van der Waals surface area contributed by atoms with Crippen molar-refractivity contribution in [2.75, 3.05) is 18.4 Å². The molecule has 9 heteroatoms. The number of carbonyl (C=O) groups excluding carboxylic acids is 1. The van der Waals surface area contributed by atoms with Gasteiger partial charge in [-0.1, -0.05) is 12.1 Å². The van der Waals surface area contributed by atoms with Crippen molar-refractivity contribution in [3.63, 3.8) is 0 Å². The van der Waals surface area contributed by atoms with Crippen LogP contribution in [0.4, 0.5) is 5.69 Å². The van der Waals surface area contributed by atoms with E-state index in [9.17, 15) is 18.0 Å². The summed E-state index contributed by atoms with van der Waals surface area (Å²) in [6.07, 6.45) is 2.62. The first-order valence-corrected chi connectivity index (χ1v) is 11.1. The molecule has 1 aliphatic heterocycles. The van der Waals surface area contributed by atoms with E-state index in [1.807, 2.05) is 12.1 Å². The van der Waals surface area contributed by atoms with Crippen molar-refractivity contribution in [3.8, 4) is 0 Å². The number of aromatic nitrogens is 2. The normalized spacial score (nSPS) is 15.9. The van der Waals surface area contributed by atoms with Crippen molar-refractivity contribution in [2.24, 2.45) is 0 Å². The van der Waals surface area contributed by atoms with Crippen LogP contribution in [0.15, 0.2) is 64.5 Å². The van der Waals surface area contributed by atoms with Crippen LogP contribution >= 0.6 is 0 Å². The standard InChI is InChI=1S/C21H22N4O4S/c1-15(26)23-16-6-8-18(9-7-16)30(28,29)24-12-10-17(11-13-24)25-14-22-20-5-3-2-4-19(20)21(25)27/h2-9,14,17H,10-13H2,1H3,(H,23,26). The van der Waals surface area contributed by atoms with E-state index in [2.05, 4.69) is 10.3 Å². The van der Waals surface area contributed by atoms with Gasteiger partial charge in [0.15, 0.2) is 0 Å².